The van der Waals surface area contributed by atoms with Gasteiger partial charge in [-0.15, -0.1) is 0 Å². The lowest BCUT2D eigenvalue weighted by Crippen LogP contribution is -2.49. The average Bonchev–Trinajstić information content (AvgIpc) is 2.38. The Balaban J connectivity index is 1.75. The summed E-state index contributed by atoms with van der Waals surface area (Å²) in [4.78, 5) is 15.6. The molecule has 2 aliphatic rings. The van der Waals surface area contributed by atoms with Gasteiger partial charge in [0.05, 0.1) is 19.6 Å². The molecule has 1 unspecified atom stereocenters. The van der Waals surface area contributed by atoms with Crippen molar-refractivity contribution in [1.82, 2.24) is 9.80 Å². The van der Waals surface area contributed by atoms with Crippen LogP contribution in [0.15, 0.2) is 0 Å². The molecule has 0 aromatic carbocycles. The highest BCUT2D eigenvalue weighted by Gasteiger charge is 2.25. The second-order valence-electron chi connectivity index (χ2n) is 5.26. The molecule has 2 heterocycles. The lowest BCUT2D eigenvalue weighted by molar-refractivity contribution is -0.140. The highest BCUT2D eigenvalue weighted by Crippen LogP contribution is 2.12. The zero-order valence-electron chi connectivity index (χ0n) is 11.0. The van der Waals surface area contributed by atoms with Crippen molar-refractivity contribution in [3.05, 3.63) is 0 Å². The Morgan fingerprint density at radius 1 is 1.17 bits per heavy atom. The van der Waals surface area contributed by atoms with Crippen LogP contribution in [0.5, 0.6) is 0 Å². The van der Waals surface area contributed by atoms with E-state index in [-0.39, 0.29) is 12.5 Å². The van der Waals surface area contributed by atoms with Gasteiger partial charge in [0.15, 0.2) is 0 Å². The maximum atomic E-state index is 10.8. The SMILES string of the molecule is O=C(O)CC1COCCN1CCN1CCCCC1. The topological polar surface area (TPSA) is 53.0 Å². The second-order valence-corrected chi connectivity index (χ2v) is 5.26. The van der Waals surface area contributed by atoms with Gasteiger partial charge in [-0.05, 0) is 25.9 Å². The zero-order chi connectivity index (χ0) is 12.8. The molecule has 0 aromatic heterocycles. The number of rotatable bonds is 5. The monoisotopic (exact) mass is 256 g/mol. The van der Waals surface area contributed by atoms with Crippen molar-refractivity contribution in [2.45, 2.75) is 31.7 Å². The number of morpholine rings is 1. The quantitative estimate of drug-likeness (QED) is 0.782. The van der Waals surface area contributed by atoms with E-state index in [0.717, 1.165) is 26.2 Å². The first kappa shape index (κ1) is 13.8. The van der Waals surface area contributed by atoms with Crippen LogP contribution in [0.3, 0.4) is 0 Å². The first-order valence-electron chi connectivity index (χ1n) is 7.01. The third kappa shape index (κ3) is 4.23. The molecule has 5 nitrogen and oxygen atoms in total. The van der Waals surface area contributed by atoms with Gasteiger partial charge in [0.25, 0.3) is 0 Å². The minimum Gasteiger partial charge on any atom is -0.481 e. The lowest BCUT2D eigenvalue weighted by atomic mass is 10.1. The van der Waals surface area contributed by atoms with E-state index in [4.69, 9.17) is 9.84 Å². The van der Waals surface area contributed by atoms with Gasteiger partial charge < -0.3 is 14.7 Å². The van der Waals surface area contributed by atoms with Gasteiger partial charge in [0, 0.05) is 25.7 Å². The standard InChI is InChI=1S/C13H24N2O3/c16-13(17)10-12-11-18-9-8-15(12)7-6-14-4-2-1-3-5-14/h12H,1-11H2,(H,16,17). The minimum absolute atomic E-state index is 0.0565. The van der Waals surface area contributed by atoms with Gasteiger partial charge in [-0.2, -0.15) is 0 Å². The minimum atomic E-state index is -0.728. The highest BCUT2D eigenvalue weighted by atomic mass is 16.5. The van der Waals surface area contributed by atoms with Gasteiger partial charge in [-0.25, -0.2) is 0 Å². The van der Waals surface area contributed by atoms with Gasteiger partial charge >= 0.3 is 5.97 Å². The molecule has 2 fully saturated rings. The van der Waals surface area contributed by atoms with Crippen molar-refractivity contribution in [2.75, 3.05) is 45.9 Å². The summed E-state index contributed by atoms with van der Waals surface area (Å²) in [6.07, 6.45) is 4.17. The van der Waals surface area contributed by atoms with Crippen LogP contribution >= 0.6 is 0 Å². The highest BCUT2D eigenvalue weighted by molar-refractivity contribution is 5.67. The van der Waals surface area contributed by atoms with Crippen LogP contribution in [0, 0.1) is 0 Å². The van der Waals surface area contributed by atoms with Crippen LogP contribution < -0.4 is 0 Å². The molecule has 1 atom stereocenters. The van der Waals surface area contributed by atoms with Crippen LogP contribution in [0.25, 0.3) is 0 Å². The molecule has 2 saturated heterocycles. The number of carboxylic acids is 1. The molecular formula is C13H24N2O3. The Bertz CT molecular complexity index is 267. The number of aliphatic carboxylic acids is 1. The van der Waals surface area contributed by atoms with Crippen molar-refractivity contribution >= 4 is 5.97 Å². The number of nitrogens with zero attached hydrogens (tertiary/aromatic N) is 2. The number of hydrogen-bond acceptors (Lipinski definition) is 4. The third-order valence-corrected chi connectivity index (χ3v) is 3.91. The Hall–Kier alpha value is -0.650. The summed E-state index contributed by atoms with van der Waals surface area (Å²) in [6.45, 7) is 6.60. The van der Waals surface area contributed by atoms with Crippen molar-refractivity contribution in [3.8, 4) is 0 Å². The number of piperidine rings is 1. The van der Waals surface area contributed by atoms with E-state index in [0.29, 0.717) is 6.61 Å². The van der Waals surface area contributed by atoms with E-state index < -0.39 is 5.97 Å². The number of hydrogen-bond donors (Lipinski definition) is 1. The first-order valence-corrected chi connectivity index (χ1v) is 7.01. The number of likely N-dealkylation sites (tertiary alicyclic amines) is 1. The largest absolute Gasteiger partial charge is 0.481 e. The molecule has 0 radical (unpaired) electrons. The van der Waals surface area contributed by atoms with E-state index in [1.54, 1.807) is 0 Å². The normalized spacial score (nSPS) is 27.2. The van der Waals surface area contributed by atoms with Crippen molar-refractivity contribution in [3.63, 3.8) is 0 Å². The molecule has 18 heavy (non-hydrogen) atoms. The first-order chi connectivity index (χ1) is 8.75. The van der Waals surface area contributed by atoms with E-state index in [1.165, 1.54) is 32.4 Å². The summed E-state index contributed by atoms with van der Waals surface area (Å²) >= 11 is 0. The van der Waals surface area contributed by atoms with Gasteiger partial charge in [-0.3, -0.25) is 9.69 Å². The summed E-state index contributed by atoms with van der Waals surface area (Å²) in [6, 6.07) is 0.0565. The smallest absolute Gasteiger partial charge is 0.305 e. The lowest BCUT2D eigenvalue weighted by Gasteiger charge is -2.36. The molecule has 2 rings (SSSR count). The molecular weight excluding hydrogens is 232 g/mol. The van der Waals surface area contributed by atoms with Crippen LogP contribution in [0.1, 0.15) is 25.7 Å². The molecule has 0 amide bonds. The molecule has 0 bridgehead atoms. The fourth-order valence-electron chi connectivity index (χ4n) is 2.83. The molecule has 0 spiro atoms. The Morgan fingerprint density at radius 2 is 1.94 bits per heavy atom. The Kier molecular flexibility index (Phi) is 5.41. The fourth-order valence-corrected chi connectivity index (χ4v) is 2.83. The van der Waals surface area contributed by atoms with E-state index in [2.05, 4.69) is 9.80 Å². The fraction of sp³-hybridized carbons (Fsp3) is 0.923. The maximum Gasteiger partial charge on any atom is 0.305 e. The van der Waals surface area contributed by atoms with Crippen LogP contribution in [-0.4, -0.2) is 72.9 Å². The number of carboxylic acid groups (broad SMARTS) is 1. The van der Waals surface area contributed by atoms with Gasteiger partial charge in [0.1, 0.15) is 0 Å². The molecule has 2 aliphatic heterocycles. The van der Waals surface area contributed by atoms with Gasteiger partial charge in [-0.1, -0.05) is 6.42 Å². The van der Waals surface area contributed by atoms with Crippen LogP contribution in [0.4, 0.5) is 0 Å². The summed E-state index contributed by atoms with van der Waals surface area (Å²) in [5.74, 6) is -0.728. The summed E-state index contributed by atoms with van der Waals surface area (Å²) in [5.41, 5.74) is 0. The van der Waals surface area contributed by atoms with Crippen molar-refractivity contribution in [2.24, 2.45) is 0 Å². The predicted octanol–water partition coefficient (Wildman–Crippen LogP) is 0.648. The van der Waals surface area contributed by atoms with Crippen molar-refractivity contribution in [1.29, 1.82) is 0 Å². The van der Waals surface area contributed by atoms with E-state index >= 15 is 0 Å². The summed E-state index contributed by atoms with van der Waals surface area (Å²) < 4.78 is 5.39. The molecule has 0 aliphatic carbocycles. The summed E-state index contributed by atoms with van der Waals surface area (Å²) in [5, 5.41) is 8.91. The predicted molar refractivity (Wildman–Crippen MR) is 68.7 cm³/mol. The van der Waals surface area contributed by atoms with Crippen LogP contribution in [-0.2, 0) is 9.53 Å². The number of ether oxygens (including phenoxy) is 1. The molecule has 0 aromatic rings. The molecule has 5 heteroatoms. The summed E-state index contributed by atoms with van der Waals surface area (Å²) in [7, 11) is 0. The van der Waals surface area contributed by atoms with E-state index in [9.17, 15) is 4.79 Å². The Labute approximate surface area is 109 Å². The van der Waals surface area contributed by atoms with Gasteiger partial charge in [0.2, 0.25) is 0 Å². The second kappa shape index (κ2) is 7.07. The maximum absolute atomic E-state index is 10.8. The van der Waals surface area contributed by atoms with Crippen molar-refractivity contribution < 1.29 is 14.6 Å². The average molecular weight is 256 g/mol. The zero-order valence-corrected chi connectivity index (χ0v) is 11.0. The number of carbonyl (C=O) groups is 1. The van der Waals surface area contributed by atoms with Crippen LogP contribution in [0.2, 0.25) is 0 Å². The third-order valence-electron chi connectivity index (χ3n) is 3.91. The molecule has 1 N–H and O–H groups in total. The molecule has 0 saturated carbocycles. The Morgan fingerprint density at radius 3 is 2.67 bits per heavy atom. The molecule has 104 valence electrons. The van der Waals surface area contributed by atoms with E-state index in [1.807, 2.05) is 0 Å².